The molecule has 0 amide bonds. The van der Waals surface area contributed by atoms with E-state index in [1.54, 1.807) is 0 Å². The molecule has 0 aliphatic heterocycles. The Kier molecular flexibility index (Phi) is 3.31. The van der Waals surface area contributed by atoms with Crippen molar-refractivity contribution in [2.24, 2.45) is 5.92 Å². The van der Waals surface area contributed by atoms with E-state index < -0.39 is 11.7 Å². The minimum Gasteiger partial charge on any atom is -0.493 e. The standard InChI is InChI=1S/C13H15F3O/c1-2-9-5-6-11(13(14,15)16)12(7-9)17-8-10-3-4-10/h5-7,10H,2-4,8H2,1H3. The van der Waals surface area contributed by atoms with Gasteiger partial charge in [0.15, 0.2) is 0 Å². The van der Waals surface area contributed by atoms with Gasteiger partial charge in [-0.2, -0.15) is 13.2 Å². The summed E-state index contributed by atoms with van der Waals surface area (Å²) in [4.78, 5) is 0. The molecular weight excluding hydrogens is 229 g/mol. The maximum absolute atomic E-state index is 12.7. The summed E-state index contributed by atoms with van der Waals surface area (Å²) in [6.07, 6.45) is -1.51. The van der Waals surface area contributed by atoms with Crippen LogP contribution >= 0.6 is 0 Å². The smallest absolute Gasteiger partial charge is 0.419 e. The van der Waals surface area contributed by atoms with Crippen LogP contribution in [-0.2, 0) is 12.6 Å². The van der Waals surface area contributed by atoms with Crippen LogP contribution in [0.4, 0.5) is 13.2 Å². The van der Waals surface area contributed by atoms with Crippen molar-refractivity contribution in [3.8, 4) is 5.75 Å². The van der Waals surface area contributed by atoms with Gasteiger partial charge in [0.05, 0.1) is 12.2 Å². The average Bonchev–Trinajstić information content (AvgIpc) is 3.08. The Balaban J connectivity index is 2.22. The number of ether oxygens (including phenoxy) is 1. The fourth-order valence-corrected chi connectivity index (χ4v) is 1.63. The molecule has 2 rings (SSSR count). The summed E-state index contributed by atoms with van der Waals surface area (Å²) in [5.74, 6) is 0.421. The van der Waals surface area contributed by atoms with Gasteiger partial charge < -0.3 is 4.74 Å². The normalized spacial score (nSPS) is 16.0. The lowest BCUT2D eigenvalue weighted by Crippen LogP contribution is -2.10. The fourth-order valence-electron chi connectivity index (χ4n) is 1.63. The highest BCUT2D eigenvalue weighted by Gasteiger charge is 2.35. The second-order valence-corrected chi connectivity index (χ2v) is 4.44. The number of halogens is 3. The summed E-state index contributed by atoms with van der Waals surface area (Å²) in [6, 6.07) is 4.12. The van der Waals surface area contributed by atoms with Gasteiger partial charge >= 0.3 is 6.18 Å². The summed E-state index contributed by atoms with van der Waals surface area (Å²) in [6.45, 7) is 2.31. The Morgan fingerprint density at radius 1 is 1.29 bits per heavy atom. The van der Waals surface area contributed by atoms with E-state index in [1.807, 2.05) is 6.92 Å². The maximum atomic E-state index is 12.7. The Morgan fingerprint density at radius 3 is 2.53 bits per heavy atom. The van der Waals surface area contributed by atoms with Gasteiger partial charge in [-0.15, -0.1) is 0 Å². The zero-order chi connectivity index (χ0) is 12.5. The van der Waals surface area contributed by atoms with Crippen molar-refractivity contribution in [2.75, 3.05) is 6.61 Å². The van der Waals surface area contributed by atoms with E-state index in [0.29, 0.717) is 18.9 Å². The van der Waals surface area contributed by atoms with Crippen LogP contribution in [0.1, 0.15) is 30.9 Å². The highest BCUT2D eigenvalue weighted by atomic mass is 19.4. The van der Waals surface area contributed by atoms with Crippen LogP contribution in [-0.4, -0.2) is 6.61 Å². The van der Waals surface area contributed by atoms with Gasteiger partial charge in [0.1, 0.15) is 5.75 Å². The van der Waals surface area contributed by atoms with Gasteiger partial charge in [0, 0.05) is 0 Å². The number of alkyl halides is 3. The summed E-state index contributed by atoms with van der Waals surface area (Å²) in [7, 11) is 0. The third-order valence-electron chi connectivity index (χ3n) is 2.93. The molecule has 0 heterocycles. The van der Waals surface area contributed by atoms with Crippen molar-refractivity contribution < 1.29 is 17.9 Å². The van der Waals surface area contributed by atoms with Crippen LogP contribution in [0.15, 0.2) is 18.2 Å². The molecule has 0 atom stereocenters. The topological polar surface area (TPSA) is 9.23 Å². The molecule has 0 saturated heterocycles. The van der Waals surface area contributed by atoms with E-state index in [9.17, 15) is 13.2 Å². The van der Waals surface area contributed by atoms with Crippen LogP contribution in [0, 0.1) is 5.92 Å². The molecule has 1 fully saturated rings. The van der Waals surface area contributed by atoms with Crippen molar-refractivity contribution >= 4 is 0 Å². The third kappa shape index (κ3) is 3.14. The van der Waals surface area contributed by atoms with Gasteiger partial charge in [-0.25, -0.2) is 0 Å². The lowest BCUT2D eigenvalue weighted by molar-refractivity contribution is -0.139. The molecule has 4 heteroatoms. The Hall–Kier alpha value is -1.19. The van der Waals surface area contributed by atoms with E-state index in [0.717, 1.165) is 24.5 Å². The summed E-state index contributed by atoms with van der Waals surface area (Å²) in [5.41, 5.74) is 0.194. The van der Waals surface area contributed by atoms with Crippen LogP contribution in [0.2, 0.25) is 0 Å². The molecule has 1 aromatic carbocycles. The average molecular weight is 244 g/mol. The Morgan fingerprint density at radius 2 is 2.00 bits per heavy atom. The highest BCUT2D eigenvalue weighted by Crippen LogP contribution is 2.38. The first kappa shape index (κ1) is 12.3. The van der Waals surface area contributed by atoms with Crippen molar-refractivity contribution in [3.05, 3.63) is 29.3 Å². The molecular formula is C13H15F3O. The van der Waals surface area contributed by atoms with E-state index in [1.165, 1.54) is 12.1 Å². The van der Waals surface area contributed by atoms with Crippen molar-refractivity contribution in [1.82, 2.24) is 0 Å². The largest absolute Gasteiger partial charge is 0.493 e. The number of rotatable bonds is 4. The van der Waals surface area contributed by atoms with Gasteiger partial charge in [-0.1, -0.05) is 13.0 Å². The molecule has 0 aromatic heterocycles. The molecule has 1 aromatic rings. The van der Waals surface area contributed by atoms with Crippen LogP contribution in [0.5, 0.6) is 5.75 Å². The Labute approximate surface area is 98.6 Å². The van der Waals surface area contributed by atoms with E-state index in [2.05, 4.69) is 0 Å². The van der Waals surface area contributed by atoms with Crippen molar-refractivity contribution in [3.63, 3.8) is 0 Å². The molecule has 1 saturated carbocycles. The molecule has 0 radical (unpaired) electrons. The van der Waals surface area contributed by atoms with Gasteiger partial charge in [0.2, 0.25) is 0 Å². The SMILES string of the molecule is CCc1ccc(C(F)(F)F)c(OCC2CC2)c1. The Bertz CT molecular complexity index is 394. The minimum absolute atomic E-state index is 0.0243. The number of benzene rings is 1. The quantitative estimate of drug-likeness (QED) is 0.776. The predicted molar refractivity (Wildman–Crippen MR) is 59.0 cm³/mol. The predicted octanol–water partition coefficient (Wildman–Crippen LogP) is 4.06. The zero-order valence-electron chi connectivity index (χ0n) is 9.68. The fraction of sp³-hybridized carbons (Fsp3) is 0.538. The summed E-state index contributed by atoms with van der Waals surface area (Å²) >= 11 is 0. The molecule has 0 N–H and O–H groups in total. The second-order valence-electron chi connectivity index (χ2n) is 4.44. The highest BCUT2D eigenvalue weighted by molar-refractivity contribution is 5.39. The first-order valence-corrected chi connectivity index (χ1v) is 5.83. The molecule has 1 aliphatic carbocycles. The van der Waals surface area contributed by atoms with Gasteiger partial charge in [0.25, 0.3) is 0 Å². The first-order valence-electron chi connectivity index (χ1n) is 5.83. The number of hydrogen-bond acceptors (Lipinski definition) is 1. The molecule has 0 unspecified atom stereocenters. The lowest BCUT2D eigenvalue weighted by Gasteiger charge is -2.14. The monoisotopic (exact) mass is 244 g/mol. The minimum atomic E-state index is -4.34. The lowest BCUT2D eigenvalue weighted by atomic mass is 10.1. The summed E-state index contributed by atoms with van der Waals surface area (Å²) in [5, 5.41) is 0. The summed E-state index contributed by atoms with van der Waals surface area (Å²) < 4.78 is 43.5. The molecule has 94 valence electrons. The van der Waals surface area contributed by atoms with Gasteiger partial charge in [-0.05, 0) is 42.9 Å². The van der Waals surface area contributed by atoms with Crippen molar-refractivity contribution in [1.29, 1.82) is 0 Å². The molecule has 0 bridgehead atoms. The number of aryl methyl sites for hydroxylation is 1. The second kappa shape index (κ2) is 4.59. The third-order valence-corrected chi connectivity index (χ3v) is 2.93. The number of hydrogen-bond donors (Lipinski definition) is 0. The van der Waals surface area contributed by atoms with Gasteiger partial charge in [-0.3, -0.25) is 0 Å². The van der Waals surface area contributed by atoms with Crippen LogP contribution in [0.3, 0.4) is 0 Å². The van der Waals surface area contributed by atoms with Crippen LogP contribution < -0.4 is 4.74 Å². The van der Waals surface area contributed by atoms with E-state index >= 15 is 0 Å². The van der Waals surface area contributed by atoms with E-state index in [4.69, 9.17) is 4.74 Å². The van der Waals surface area contributed by atoms with E-state index in [-0.39, 0.29) is 5.75 Å². The molecule has 1 aliphatic rings. The molecule has 0 spiro atoms. The van der Waals surface area contributed by atoms with Crippen molar-refractivity contribution in [2.45, 2.75) is 32.4 Å². The van der Waals surface area contributed by atoms with Crippen LogP contribution in [0.25, 0.3) is 0 Å². The first-order chi connectivity index (χ1) is 8.00. The molecule has 17 heavy (non-hydrogen) atoms. The zero-order valence-corrected chi connectivity index (χ0v) is 9.68. The maximum Gasteiger partial charge on any atom is 0.419 e. The molecule has 1 nitrogen and oxygen atoms in total.